The molecular weight excluding hydrogens is 358 g/mol. The van der Waals surface area contributed by atoms with Gasteiger partial charge in [-0.15, -0.1) is 0 Å². The minimum absolute atomic E-state index is 0.176. The van der Waals surface area contributed by atoms with Gasteiger partial charge in [0.1, 0.15) is 0 Å². The van der Waals surface area contributed by atoms with E-state index in [4.69, 9.17) is 9.47 Å². The van der Waals surface area contributed by atoms with Gasteiger partial charge >= 0.3 is 0 Å². The number of aromatic nitrogens is 1. The Hall–Kier alpha value is -3.09. The van der Waals surface area contributed by atoms with Gasteiger partial charge in [-0.3, -0.25) is 14.6 Å². The predicted molar refractivity (Wildman–Crippen MR) is 102 cm³/mol. The van der Waals surface area contributed by atoms with E-state index in [1.54, 1.807) is 6.07 Å². The van der Waals surface area contributed by atoms with Crippen LogP contribution in [0.4, 0.5) is 0 Å². The molecule has 1 saturated carbocycles. The third-order valence-corrected chi connectivity index (χ3v) is 5.09. The fraction of sp³-hybridized carbons (Fsp3) is 0.381. The minimum Gasteiger partial charge on any atom is -0.454 e. The van der Waals surface area contributed by atoms with Gasteiger partial charge in [0.05, 0.1) is 11.1 Å². The first-order valence-electron chi connectivity index (χ1n) is 9.62. The quantitative estimate of drug-likeness (QED) is 0.831. The maximum Gasteiger partial charge on any atom is 0.253 e. The Balaban J connectivity index is 1.36. The van der Waals surface area contributed by atoms with Crippen molar-refractivity contribution in [3.05, 3.63) is 53.3 Å². The van der Waals surface area contributed by atoms with E-state index in [-0.39, 0.29) is 24.6 Å². The first-order valence-corrected chi connectivity index (χ1v) is 9.62. The second kappa shape index (κ2) is 8.29. The molecule has 0 unspecified atom stereocenters. The summed E-state index contributed by atoms with van der Waals surface area (Å²) in [6, 6.07) is 7.33. The second-order valence-electron chi connectivity index (χ2n) is 7.14. The normalized spacial score (nSPS) is 15.9. The number of fused-ring (bicyclic) bond motifs is 1. The van der Waals surface area contributed by atoms with Gasteiger partial charge in [0, 0.05) is 25.0 Å². The number of nitrogens with one attached hydrogen (secondary N) is 2. The molecule has 1 aromatic heterocycles. The summed E-state index contributed by atoms with van der Waals surface area (Å²) in [6.07, 6.45) is 8.49. The molecule has 1 aliphatic carbocycles. The van der Waals surface area contributed by atoms with Crippen LogP contribution in [0.1, 0.15) is 58.4 Å². The summed E-state index contributed by atoms with van der Waals surface area (Å²) >= 11 is 0. The molecule has 0 saturated heterocycles. The number of carbonyl (C=O) groups is 2. The Labute approximate surface area is 163 Å². The standard InChI is InChI=1S/C21H23N3O4/c25-20(23-10-14-6-7-18-19(8-14)28-13-27-18)15-9-16(12-22-11-15)21(26)24-17-4-2-1-3-5-17/h6-9,11-12,17H,1-5,10,13H2,(H,23,25)(H,24,26). The SMILES string of the molecule is O=C(NCc1ccc2c(c1)OCO2)c1cncc(C(=O)NC2CCCCC2)c1. The fourth-order valence-electron chi connectivity index (χ4n) is 3.54. The van der Waals surface area contributed by atoms with E-state index in [1.165, 1.54) is 18.8 Å². The lowest BCUT2D eigenvalue weighted by Gasteiger charge is -2.22. The highest BCUT2D eigenvalue weighted by Gasteiger charge is 2.18. The van der Waals surface area contributed by atoms with Gasteiger partial charge in [0.15, 0.2) is 11.5 Å². The summed E-state index contributed by atoms with van der Waals surface area (Å²) in [6.45, 7) is 0.556. The van der Waals surface area contributed by atoms with Crippen LogP contribution in [-0.2, 0) is 6.54 Å². The molecule has 28 heavy (non-hydrogen) atoms. The lowest BCUT2D eigenvalue weighted by molar-refractivity contribution is 0.0927. The largest absolute Gasteiger partial charge is 0.454 e. The van der Waals surface area contributed by atoms with Crippen molar-refractivity contribution < 1.29 is 19.1 Å². The minimum atomic E-state index is -0.280. The van der Waals surface area contributed by atoms with Crippen LogP contribution >= 0.6 is 0 Å². The van der Waals surface area contributed by atoms with Crippen LogP contribution in [0, 0.1) is 0 Å². The summed E-state index contributed by atoms with van der Waals surface area (Å²) in [5, 5.41) is 5.89. The summed E-state index contributed by atoms with van der Waals surface area (Å²) in [4.78, 5) is 29.0. The topological polar surface area (TPSA) is 89.6 Å². The maximum atomic E-state index is 12.5. The Morgan fingerprint density at radius 1 is 0.964 bits per heavy atom. The van der Waals surface area contributed by atoms with Crippen LogP contribution in [0.15, 0.2) is 36.7 Å². The first kappa shape index (κ1) is 18.3. The molecule has 2 heterocycles. The molecule has 0 bridgehead atoms. The molecule has 0 radical (unpaired) electrons. The maximum absolute atomic E-state index is 12.5. The number of hydrogen-bond acceptors (Lipinski definition) is 5. The molecule has 2 aromatic rings. The second-order valence-corrected chi connectivity index (χ2v) is 7.14. The fourth-order valence-corrected chi connectivity index (χ4v) is 3.54. The summed E-state index contributed by atoms with van der Waals surface area (Å²) < 4.78 is 10.6. The summed E-state index contributed by atoms with van der Waals surface area (Å²) in [7, 11) is 0. The van der Waals surface area contributed by atoms with Crippen molar-refractivity contribution in [3.63, 3.8) is 0 Å². The third-order valence-electron chi connectivity index (χ3n) is 5.09. The van der Waals surface area contributed by atoms with Crippen molar-refractivity contribution in [2.75, 3.05) is 6.79 Å². The molecule has 4 rings (SSSR count). The van der Waals surface area contributed by atoms with E-state index in [0.717, 1.165) is 31.2 Å². The van der Waals surface area contributed by atoms with E-state index in [1.807, 2.05) is 18.2 Å². The van der Waals surface area contributed by atoms with Crippen LogP contribution < -0.4 is 20.1 Å². The van der Waals surface area contributed by atoms with Crippen LogP contribution in [0.2, 0.25) is 0 Å². The Kier molecular flexibility index (Phi) is 5.41. The number of benzene rings is 1. The molecule has 146 valence electrons. The molecule has 1 fully saturated rings. The summed E-state index contributed by atoms with van der Waals surface area (Å²) in [5.74, 6) is 0.924. The first-order chi connectivity index (χ1) is 13.7. The van der Waals surface area contributed by atoms with Crippen molar-refractivity contribution in [1.82, 2.24) is 15.6 Å². The van der Waals surface area contributed by atoms with Crippen LogP contribution in [-0.4, -0.2) is 29.6 Å². The molecule has 7 heteroatoms. The number of ether oxygens (including phenoxy) is 2. The molecule has 1 aromatic carbocycles. The van der Waals surface area contributed by atoms with Gasteiger partial charge in [-0.1, -0.05) is 25.3 Å². The van der Waals surface area contributed by atoms with E-state index in [9.17, 15) is 9.59 Å². The number of carbonyl (C=O) groups excluding carboxylic acids is 2. The zero-order chi connectivity index (χ0) is 19.3. The van der Waals surface area contributed by atoms with E-state index < -0.39 is 0 Å². The number of rotatable bonds is 5. The van der Waals surface area contributed by atoms with Crippen molar-refractivity contribution in [1.29, 1.82) is 0 Å². The lowest BCUT2D eigenvalue weighted by Crippen LogP contribution is -2.36. The van der Waals surface area contributed by atoms with Crippen molar-refractivity contribution in [2.45, 2.75) is 44.7 Å². The van der Waals surface area contributed by atoms with E-state index in [2.05, 4.69) is 15.6 Å². The molecular formula is C21H23N3O4. The number of nitrogens with zero attached hydrogens (tertiary/aromatic N) is 1. The van der Waals surface area contributed by atoms with E-state index >= 15 is 0 Å². The van der Waals surface area contributed by atoms with E-state index in [0.29, 0.717) is 29.2 Å². The van der Waals surface area contributed by atoms with Crippen molar-refractivity contribution >= 4 is 11.8 Å². The Morgan fingerprint density at radius 3 is 2.54 bits per heavy atom. The average Bonchev–Trinajstić information content (AvgIpc) is 3.20. The van der Waals surface area contributed by atoms with Gasteiger partial charge in [0.25, 0.3) is 11.8 Å². The summed E-state index contributed by atoms with van der Waals surface area (Å²) in [5.41, 5.74) is 1.66. The highest BCUT2D eigenvalue weighted by molar-refractivity contribution is 5.99. The average molecular weight is 381 g/mol. The van der Waals surface area contributed by atoms with Crippen LogP contribution in [0.5, 0.6) is 11.5 Å². The molecule has 2 aliphatic rings. The Bertz CT molecular complexity index is 878. The molecule has 1 aliphatic heterocycles. The lowest BCUT2D eigenvalue weighted by atomic mass is 9.95. The van der Waals surface area contributed by atoms with Crippen molar-refractivity contribution in [3.8, 4) is 11.5 Å². The molecule has 2 N–H and O–H groups in total. The smallest absolute Gasteiger partial charge is 0.253 e. The zero-order valence-corrected chi connectivity index (χ0v) is 15.6. The van der Waals surface area contributed by atoms with Crippen molar-refractivity contribution in [2.24, 2.45) is 0 Å². The van der Waals surface area contributed by atoms with Gasteiger partial charge in [-0.05, 0) is 36.6 Å². The third kappa shape index (κ3) is 4.24. The number of amides is 2. The molecule has 7 nitrogen and oxygen atoms in total. The van der Waals surface area contributed by atoms with Gasteiger partial charge < -0.3 is 20.1 Å². The zero-order valence-electron chi connectivity index (χ0n) is 15.6. The predicted octanol–water partition coefficient (Wildman–Crippen LogP) is 2.80. The van der Waals surface area contributed by atoms with Crippen LogP contribution in [0.3, 0.4) is 0 Å². The monoisotopic (exact) mass is 381 g/mol. The van der Waals surface area contributed by atoms with Gasteiger partial charge in [0.2, 0.25) is 6.79 Å². The molecule has 2 amide bonds. The highest BCUT2D eigenvalue weighted by atomic mass is 16.7. The van der Waals surface area contributed by atoms with Crippen LogP contribution in [0.25, 0.3) is 0 Å². The van der Waals surface area contributed by atoms with Gasteiger partial charge in [-0.2, -0.15) is 0 Å². The van der Waals surface area contributed by atoms with Gasteiger partial charge in [-0.25, -0.2) is 0 Å². The molecule has 0 atom stereocenters. The number of hydrogen-bond donors (Lipinski definition) is 2. The number of pyridine rings is 1. The highest BCUT2D eigenvalue weighted by Crippen LogP contribution is 2.32. The molecule has 0 spiro atoms. The Morgan fingerprint density at radius 2 is 1.71 bits per heavy atom.